The summed E-state index contributed by atoms with van der Waals surface area (Å²) in [6.07, 6.45) is 1.64. The van der Waals surface area contributed by atoms with Gasteiger partial charge in [0.1, 0.15) is 11.4 Å². The molecular formula is C23H25N3O2. The first kappa shape index (κ1) is 19.4. The number of carbonyl (C=O) groups excluding carboxylic acids is 1. The van der Waals surface area contributed by atoms with E-state index < -0.39 is 0 Å². The van der Waals surface area contributed by atoms with Crippen LogP contribution in [0.1, 0.15) is 36.8 Å². The predicted octanol–water partition coefficient (Wildman–Crippen LogP) is 5.38. The zero-order valence-electron chi connectivity index (χ0n) is 16.6. The van der Waals surface area contributed by atoms with Crippen molar-refractivity contribution in [2.45, 2.75) is 26.2 Å². The summed E-state index contributed by atoms with van der Waals surface area (Å²) in [6.45, 7) is 6.36. The molecule has 1 amide bonds. The van der Waals surface area contributed by atoms with Gasteiger partial charge in [-0.15, -0.1) is 0 Å². The van der Waals surface area contributed by atoms with Gasteiger partial charge in [-0.3, -0.25) is 4.79 Å². The van der Waals surface area contributed by atoms with Crippen molar-refractivity contribution in [2.75, 3.05) is 17.7 Å². The molecule has 0 saturated carbocycles. The van der Waals surface area contributed by atoms with Crippen LogP contribution in [0.4, 0.5) is 17.1 Å². The van der Waals surface area contributed by atoms with Crippen LogP contribution in [0.3, 0.4) is 0 Å². The molecule has 5 heteroatoms. The van der Waals surface area contributed by atoms with E-state index in [2.05, 4.69) is 36.4 Å². The zero-order valence-corrected chi connectivity index (χ0v) is 16.6. The number of nitrogens with zero attached hydrogens (tertiary/aromatic N) is 1. The second kappa shape index (κ2) is 8.13. The number of anilines is 3. The Morgan fingerprint density at radius 2 is 1.61 bits per heavy atom. The fourth-order valence-electron chi connectivity index (χ4n) is 2.94. The van der Waals surface area contributed by atoms with Crippen LogP contribution in [0.5, 0.6) is 5.75 Å². The molecule has 0 saturated heterocycles. The summed E-state index contributed by atoms with van der Waals surface area (Å²) < 4.78 is 5.34. The Morgan fingerprint density at radius 1 is 0.929 bits per heavy atom. The number of hydrogen-bond donors (Lipinski definition) is 2. The van der Waals surface area contributed by atoms with E-state index in [-0.39, 0.29) is 11.3 Å². The molecule has 1 aromatic heterocycles. The van der Waals surface area contributed by atoms with Gasteiger partial charge in [0.2, 0.25) is 0 Å². The number of para-hydroxylation sites is 3. The number of hydrogen-bond acceptors (Lipinski definition) is 4. The summed E-state index contributed by atoms with van der Waals surface area (Å²) >= 11 is 0. The molecule has 2 aromatic carbocycles. The molecule has 0 aliphatic rings. The van der Waals surface area contributed by atoms with Crippen molar-refractivity contribution in [3.05, 3.63) is 78.1 Å². The maximum atomic E-state index is 12.6. The molecule has 0 fully saturated rings. The lowest BCUT2D eigenvalue weighted by molar-refractivity contribution is 0.102. The van der Waals surface area contributed by atoms with Crippen molar-refractivity contribution >= 4 is 23.0 Å². The van der Waals surface area contributed by atoms with Gasteiger partial charge in [0.25, 0.3) is 5.91 Å². The molecule has 1 heterocycles. The predicted molar refractivity (Wildman–Crippen MR) is 114 cm³/mol. The Hall–Kier alpha value is -3.34. The van der Waals surface area contributed by atoms with Crippen molar-refractivity contribution in [1.29, 1.82) is 0 Å². The van der Waals surface area contributed by atoms with Gasteiger partial charge >= 0.3 is 0 Å². The summed E-state index contributed by atoms with van der Waals surface area (Å²) in [5.41, 5.74) is 3.78. The molecule has 0 radical (unpaired) electrons. The molecule has 0 atom stereocenters. The molecule has 2 N–H and O–H groups in total. The standard InChI is InChI=1S/C23H25N3O2/c1-23(2,3)17-9-5-6-10-18(17)26-22(27)20-14-13-16(15-24-20)25-19-11-7-8-12-21(19)28-4/h5-15,25H,1-4H3,(H,26,27). The second-order valence-corrected chi connectivity index (χ2v) is 7.51. The quantitative estimate of drug-likeness (QED) is 0.628. The smallest absolute Gasteiger partial charge is 0.274 e. The number of aromatic nitrogens is 1. The Bertz CT molecular complexity index is 960. The summed E-state index contributed by atoms with van der Waals surface area (Å²) in [5, 5.41) is 6.23. The van der Waals surface area contributed by atoms with Gasteiger partial charge in [-0.1, -0.05) is 51.1 Å². The monoisotopic (exact) mass is 375 g/mol. The number of carbonyl (C=O) groups is 1. The van der Waals surface area contributed by atoms with Gasteiger partial charge in [0, 0.05) is 5.69 Å². The normalized spacial score (nSPS) is 11.0. The summed E-state index contributed by atoms with van der Waals surface area (Å²) in [5.74, 6) is 0.503. The molecule has 144 valence electrons. The highest BCUT2D eigenvalue weighted by molar-refractivity contribution is 6.03. The van der Waals surface area contributed by atoms with E-state index in [1.54, 1.807) is 19.4 Å². The maximum absolute atomic E-state index is 12.6. The first-order valence-corrected chi connectivity index (χ1v) is 9.15. The zero-order chi connectivity index (χ0) is 20.1. The maximum Gasteiger partial charge on any atom is 0.274 e. The van der Waals surface area contributed by atoms with Gasteiger partial charge < -0.3 is 15.4 Å². The van der Waals surface area contributed by atoms with Gasteiger partial charge in [-0.2, -0.15) is 0 Å². The average Bonchev–Trinajstić information content (AvgIpc) is 2.68. The van der Waals surface area contributed by atoms with Gasteiger partial charge in [-0.05, 0) is 41.3 Å². The highest BCUT2D eigenvalue weighted by atomic mass is 16.5. The third-order valence-electron chi connectivity index (χ3n) is 4.37. The van der Waals surface area contributed by atoms with E-state index in [9.17, 15) is 4.79 Å². The second-order valence-electron chi connectivity index (χ2n) is 7.51. The van der Waals surface area contributed by atoms with Crippen LogP contribution in [0.25, 0.3) is 0 Å². The van der Waals surface area contributed by atoms with E-state index in [4.69, 9.17) is 4.74 Å². The van der Waals surface area contributed by atoms with Crippen molar-refractivity contribution in [1.82, 2.24) is 4.98 Å². The fourth-order valence-corrected chi connectivity index (χ4v) is 2.94. The van der Waals surface area contributed by atoms with Crippen molar-refractivity contribution in [2.24, 2.45) is 0 Å². The Kier molecular flexibility index (Phi) is 5.64. The molecular weight excluding hydrogens is 350 g/mol. The van der Waals surface area contributed by atoms with E-state index in [0.29, 0.717) is 5.69 Å². The first-order chi connectivity index (χ1) is 13.4. The Labute approximate surface area is 165 Å². The number of methoxy groups -OCH3 is 1. The molecule has 0 spiro atoms. The minimum atomic E-state index is -0.236. The van der Waals surface area contributed by atoms with Crippen molar-refractivity contribution in [3.63, 3.8) is 0 Å². The number of ether oxygens (including phenoxy) is 1. The van der Waals surface area contributed by atoms with E-state index in [1.165, 1.54) is 0 Å². The summed E-state index contributed by atoms with van der Waals surface area (Å²) in [7, 11) is 1.63. The van der Waals surface area contributed by atoms with Crippen LogP contribution in [-0.2, 0) is 5.41 Å². The molecule has 0 unspecified atom stereocenters. The molecule has 0 bridgehead atoms. The molecule has 28 heavy (non-hydrogen) atoms. The van der Waals surface area contributed by atoms with Crippen LogP contribution in [0.2, 0.25) is 0 Å². The molecule has 0 aliphatic heterocycles. The summed E-state index contributed by atoms with van der Waals surface area (Å²) in [6, 6.07) is 19.0. The minimum Gasteiger partial charge on any atom is -0.495 e. The minimum absolute atomic E-state index is 0.0696. The SMILES string of the molecule is COc1ccccc1Nc1ccc(C(=O)Nc2ccccc2C(C)(C)C)nc1. The largest absolute Gasteiger partial charge is 0.495 e. The number of amides is 1. The molecule has 3 rings (SSSR count). The van der Waals surface area contributed by atoms with Crippen LogP contribution < -0.4 is 15.4 Å². The van der Waals surface area contributed by atoms with Crippen LogP contribution in [-0.4, -0.2) is 18.0 Å². The number of benzene rings is 2. The Balaban J connectivity index is 1.75. The number of pyridine rings is 1. The van der Waals surface area contributed by atoms with E-state index in [1.807, 2.05) is 54.6 Å². The topological polar surface area (TPSA) is 63.2 Å². The summed E-state index contributed by atoms with van der Waals surface area (Å²) in [4.78, 5) is 17.0. The third-order valence-corrected chi connectivity index (χ3v) is 4.37. The lowest BCUT2D eigenvalue weighted by atomic mass is 9.86. The number of rotatable bonds is 5. The highest BCUT2D eigenvalue weighted by Crippen LogP contribution is 2.30. The molecule has 3 aromatic rings. The third kappa shape index (κ3) is 4.49. The van der Waals surface area contributed by atoms with Crippen molar-refractivity contribution < 1.29 is 9.53 Å². The Morgan fingerprint density at radius 3 is 2.25 bits per heavy atom. The van der Waals surface area contributed by atoms with E-state index >= 15 is 0 Å². The first-order valence-electron chi connectivity index (χ1n) is 9.15. The fraction of sp³-hybridized carbons (Fsp3) is 0.217. The van der Waals surface area contributed by atoms with Crippen LogP contribution in [0, 0.1) is 0 Å². The molecule has 0 aliphatic carbocycles. The van der Waals surface area contributed by atoms with Crippen molar-refractivity contribution in [3.8, 4) is 5.75 Å². The van der Waals surface area contributed by atoms with Gasteiger partial charge in [0.05, 0.1) is 24.7 Å². The highest BCUT2D eigenvalue weighted by Gasteiger charge is 2.19. The van der Waals surface area contributed by atoms with Crippen LogP contribution >= 0.6 is 0 Å². The van der Waals surface area contributed by atoms with Gasteiger partial charge in [-0.25, -0.2) is 4.98 Å². The lowest BCUT2D eigenvalue weighted by Crippen LogP contribution is -2.19. The van der Waals surface area contributed by atoms with Crippen LogP contribution in [0.15, 0.2) is 66.9 Å². The lowest BCUT2D eigenvalue weighted by Gasteiger charge is -2.22. The molecule has 5 nitrogen and oxygen atoms in total. The van der Waals surface area contributed by atoms with Gasteiger partial charge in [0.15, 0.2) is 0 Å². The van der Waals surface area contributed by atoms with E-state index in [0.717, 1.165) is 28.4 Å². The number of nitrogens with one attached hydrogen (secondary N) is 2. The average molecular weight is 375 g/mol.